The van der Waals surface area contributed by atoms with Gasteiger partial charge in [-0.15, -0.1) is 0 Å². The Balaban J connectivity index is 1.54. The van der Waals surface area contributed by atoms with Crippen molar-refractivity contribution in [3.63, 3.8) is 0 Å². The number of aryl methyl sites for hydroxylation is 1. The summed E-state index contributed by atoms with van der Waals surface area (Å²) >= 11 is 0. The summed E-state index contributed by atoms with van der Waals surface area (Å²) in [7, 11) is 0. The molecular formula is C18H21N5O4. The van der Waals surface area contributed by atoms with Gasteiger partial charge in [-0.1, -0.05) is 12.1 Å². The highest BCUT2D eigenvalue weighted by atomic mass is 16.5. The van der Waals surface area contributed by atoms with Crippen molar-refractivity contribution in [2.45, 2.75) is 6.92 Å². The van der Waals surface area contributed by atoms with Crippen molar-refractivity contribution in [3.05, 3.63) is 41.6 Å². The summed E-state index contributed by atoms with van der Waals surface area (Å²) in [5, 5.41) is 13.4. The van der Waals surface area contributed by atoms with Gasteiger partial charge in [0.1, 0.15) is 5.75 Å². The number of aromatic nitrogens is 2. The lowest BCUT2D eigenvalue weighted by Gasteiger charge is -2.27. The number of nitrogens with zero attached hydrogens (tertiary/aromatic N) is 4. The van der Waals surface area contributed by atoms with Crippen LogP contribution in [0.2, 0.25) is 0 Å². The Morgan fingerprint density at radius 1 is 1.37 bits per heavy atom. The minimum atomic E-state index is -0.439. The summed E-state index contributed by atoms with van der Waals surface area (Å²) in [5.74, 6) is 0.528. The van der Waals surface area contributed by atoms with Crippen molar-refractivity contribution < 1.29 is 19.4 Å². The second kappa shape index (κ2) is 8.95. The third kappa shape index (κ3) is 5.38. The Morgan fingerprint density at radius 2 is 2.15 bits per heavy atom. The highest BCUT2D eigenvalue weighted by molar-refractivity contribution is 5.85. The summed E-state index contributed by atoms with van der Waals surface area (Å²) in [6.07, 6.45) is 1.36. The Hall–Kier alpha value is -3.20. The van der Waals surface area contributed by atoms with Crippen LogP contribution in [0.25, 0.3) is 0 Å². The number of para-hydroxylation sites is 1. The monoisotopic (exact) mass is 371 g/mol. The van der Waals surface area contributed by atoms with E-state index in [0.29, 0.717) is 43.7 Å². The Kier molecular flexibility index (Phi) is 6.16. The SMILES string of the molecule is Cc1cc(OCC(=O)NN=Cc2ccccc2O)nc(N2CCOCC2)n1. The predicted octanol–water partition coefficient (Wildman–Crippen LogP) is 0.856. The Morgan fingerprint density at radius 3 is 2.93 bits per heavy atom. The second-order valence-electron chi connectivity index (χ2n) is 5.89. The number of hydrogen-bond donors (Lipinski definition) is 2. The highest BCUT2D eigenvalue weighted by Gasteiger charge is 2.15. The molecule has 2 heterocycles. The average molecular weight is 371 g/mol. The van der Waals surface area contributed by atoms with Crippen molar-refractivity contribution in [1.29, 1.82) is 0 Å². The fourth-order valence-corrected chi connectivity index (χ4v) is 2.45. The molecule has 1 aromatic carbocycles. The number of hydrazone groups is 1. The number of ether oxygens (including phenoxy) is 2. The molecule has 3 rings (SSSR count). The van der Waals surface area contributed by atoms with Gasteiger partial charge in [-0.05, 0) is 19.1 Å². The molecular weight excluding hydrogens is 350 g/mol. The first-order valence-electron chi connectivity index (χ1n) is 8.53. The molecule has 0 aliphatic carbocycles. The van der Waals surface area contributed by atoms with Crippen LogP contribution in [-0.2, 0) is 9.53 Å². The van der Waals surface area contributed by atoms with E-state index >= 15 is 0 Å². The van der Waals surface area contributed by atoms with Crippen molar-refractivity contribution in [1.82, 2.24) is 15.4 Å². The van der Waals surface area contributed by atoms with Gasteiger partial charge in [0.15, 0.2) is 6.61 Å². The van der Waals surface area contributed by atoms with E-state index in [2.05, 4.69) is 20.5 Å². The van der Waals surface area contributed by atoms with Crippen molar-refractivity contribution in [2.24, 2.45) is 5.10 Å². The topological polar surface area (TPSA) is 109 Å². The molecule has 0 unspecified atom stereocenters. The van der Waals surface area contributed by atoms with Crippen LogP contribution in [0.5, 0.6) is 11.6 Å². The molecule has 1 amide bonds. The first-order chi connectivity index (χ1) is 13.1. The molecule has 0 saturated carbocycles. The molecule has 0 spiro atoms. The van der Waals surface area contributed by atoms with Gasteiger partial charge in [0.05, 0.1) is 19.4 Å². The van der Waals surface area contributed by atoms with Gasteiger partial charge in [-0.3, -0.25) is 4.79 Å². The molecule has 1 aromatic heterocycles. The Labute approximate surface area is 156 Å². The first kappa shape index (κ1) is 18.6. The molecule has 1 aliphatic heterocycles. The number of phenolic OH excluding ortho intramolecular Hbond substituents is 1. The largest absolute Gasteiger partial charge is 0.507 e. The smallest absolute Gasteiger partial charge is 0.278 e. The van der Waals surface area contributed by atoms with Crippen molar-refractivity contribution >= 4 is 18.1 Å². The second-order valence-corrected chi connectivity index (χ2v) is 5.89. The van der Waals surface area contributed by atoms with E-state index in [1.54, 1.807) is 24.3 Å². The van der Waals surface area contributed by atoms with Gasteiger partial charge in [-0.2, -0.15) is 10.1 Å². The van der Waals surface area contributed by atoms with Gasteiger partial charge >= 0.3 is 0 Å². The molecule has 1 saturated heterocycles. The number of anilines is 1. The number of carbonyl (C=O) groups excluding carboxylic acids is 1. The highest BCUT2D eigenvalue weighted by Crippen LogP contribution is 2.16. The minimum absolute atomic E-state index is 0.0823. The van der Waals surface area contributed by atoms with Gasteiger partial charge in [0.25, 0.3) is 5.91 Å². The summed E-state index contributed by atoms with van der Waals surface area (Å²) in [5.41, 5.74) is 3.60. The molecule has 1 aliphatic rings. The van der Waals surface area contributed by atoms with Crippen molar-refractivity contribution in [2.75, 3.05) is 37.8 Å². The molecule has 2 aromatic rings. The lowest BCUT2D eigenvalue weighted by Crippen LogP contribution is -2.37. The summed E-state index contributed by atoms with van der Waals surface area (Å²) in [6.45, 7) is 4.29. The lowest BCUT2D eigenvalue weighted by molar-refractivity contribution is -0.123. The number of morpholine rings is 1. The van der Waals surface area contributed by atoms with Gasteiger partial charge in [0, 0.05) is 30.4 Å². The molecule has 0 atom stereocenters. The first-order valence-corrected chi connectivity index (χ1v) is 8.53. The number of carbonyl (C=O) groups is 1. The normalized spacial score (nSPS) is 14.3. The van der Waals surface area contributed by atoms with Crippen LogP contribution >= 0.6 is 0 Å². The molecule has 1 fully saturated rings. The van der Waals surface area contributed by atoms with Crippen LogP contribution in [0.3, 0.4) is 0 Å². The molecule has 9 nitrogen and oxygen atoms in total. The predicted molar refractivity (Wildman–Crippen MR) is 99.1 cm³/mol. The quantitative estimate of drug-likeness (QED) is 0.572. The number of benzene rings is 1. The maximum absolute atomic E-state index is 11.9. The molecule has 2 N–H and O–H groups in total. The summed E-state index contributed by atoms with van der Waals surface area (Å²) < 4.78 is 10.8. The Bertz CT molecular complexity index is 821. The zero-order valence-corrected chi connectivity index (χ0v) is 15.0. The van der Waals surface area contributed by atoms with Crippen LogP contribution < -0.4 is 15.1 Å². The number of aromatic hydroxyl groups is 1. The van der Waals surface area contributed by atoms with E-state index in [4.69, 9.17) is 9.47 Å². The van der Waals surface area contributed by atoms with Crippen LogP contribution in [0, 0.1) is 6.92 Å². The van der Waals surface area contributed by atoms with Crippen molar-refractivity contribution in [3.8, 4) is 11.6 Å². The van der Waals surface area contributed by atoms with E-state index in [0.717, 1.165) is 5.69 Å². The number of amides is 1. The van der Waals surface area contributed by atoms with E-state index in [-0.39, 0.29) is 12.4 Å². The van der Waals surface area contributed by atoms with Gasteiger partial charge < -0.3 is 19.5 Å². The van der Waals surface area contributed by atoms with Crippen LogP contribution in [0.15, 0.2) is 35.4 Å². The molecule has 0 radical (unpaired) electrons. The minimum Gasteiger partial charge on any atom is -0.507 e. The standard InChI is InChI=1S/C18H21N5O4/c1-13-10-17(21-18(20-13)23-6-8-26-9-7-23)27-12-16(25)22-19-11-14-4-2-3-5-15(14)24/h2-5,10-11,24H,6-9,12H2,1H3,(H,22,25). The summed E-state index contributed by atoms with van der Waals surface area (Å²) in [4.78, 5) is 22.7. The fraction of sp³-hybridized carbons (Fsp3) is 0.333. The molecule has 9 heteroatoms. The van der Waals surface area contributed by atoms with Crippen LogP contribution in [0.1, 0.15) is 11.3 Å². The number of nitrogens with one attached hydrogen (secondary N) is 1. The maximum Gasteiger partial charge on any atom is 0.278 e. The molecule has 142 valence electrons. The van der Waals surface area contributed by atoms with Gasteiger partial charge in [-0.25, -0.2) is 10.4 Å². The van der Waals surface area contributed by atoms with E-state index < -0.39 is 5.91 Å². The van der Waals surface area contributed by atoms with E-state index in [9.17, 15) is 9.90 Å². The fourth-order valence-electron chi connectivity index (χ4n) is 2.45. The third-order valence-corrected chi connectivity index (χ3v) is 3.79. The zero-order valence-electron chi connectivity index (χ0n) is 15.0. The number of phenols is 1. The number of hydrogen-bond acceptors (Lipinski definition) is 8. The molecule has 0 bridgehead atoms. The number of rotatable bonds is 6. The van der Waals surface area contributed by atoms with E-state index in [1.807, 2.05) is 11.8 Å². The third-order valence-electron chi connectivity index (χ3n) is 3.79. The van der Waals surface area contributed by atoms with Crippen LogP contribution in [-0.4, -0.2) is 60.1 Å². The van der Waals surface area contributed by atoms with E-state index in [1.165, 1.54) is 12.3 Å². The summed E-state index contributed by atoms with van der Waals surface area (Å²) in [6, 6.07) is 8.35. The van der Waals surface area contributed by atoms with Gasteiger partial charge in [0.2, 0.25) is 11.8 Å². The van der Waals surface area contributed by atoms with Crippen LogP contribution in [0.4, 0.5) is 5.95 Å². The maximum atomic E-state index is 11.9. The average Bonchev–Trinajstić information content (AvgIpc) is 2.68. The zero-order chi connectivity index (χ0) is 19.1. The lowest BCUT2D eigenvalue weighted by atomic mass is 10.2. The molecule has 27 heavy (non-hydrogen) atoms.